The van der Waals surface area contributed by atoms with Crippen LogP contribution in [0.2, 0.25) is 0 Å². The van der Waals surface area contributed by atoms with Crippen LogP contribution in [-0.2, 0) is 0 Å². The second-order valence-corrected chi connectivity index (χ2v) is 21.3. The monoisotopic (exact) mass is 846 g/mol. The first-order valence-electron chi connectivity index (χ1n) is 22.6. The van der Waals surface area contributed by atoms with Crippen molar-refractivity contribution >= 4 is 72.4 Å². The number of hydrogen-bond donors (Lipinski definition) is 0. The smallest absolute Gasteiger partial charge is 0.179 e. The molecule has 0 amide bonds. The van der Waals surface area contributed by atoms with Crippen molar-refractivity contribution in [2.45, 2.75) is 13.8 Å². The van der Waals surface area contributed by atoms with Crippen LogP contribution in [0.5, 0.6) is 0 Å². The van der Waals surface area contributed by atoms with Crippen LogP contribution in [0.25, 0.3) is 77.2 Å². The van der Waals surface area contributed by atoms with Crippen molar-refractivity contribution in [2.75, 3.05) is 0 Å². The Labute approximate surface area is 381 Å². The van der Waals surface area contributed by atoms with Gasteiger partial charge in [-0.15, -0.1) is 0 Å². The number of hydrogen-bond acceptors (Lipinski definition) is 0. The predicted octanol–water partition coefficient (Wildman–Crippen LogP) is 13.2. The van der Waals surface area contributed by atoms with Crippen LogP contribution < -0.4 is 20.7 Å². The van der Waals surface area contributed by atoms with Gasteiger partial charge in [-0.1, -0.05) is 200 Å². The number of aryl methyl sites for hydroxylation is 2. The molecule has 0 fully saturated rings. The lowest BCUT2D eigenvalue weighted by Crippen LogP contribution is -2.74. The molecule has 2 heterocycles. The minimum absolute atomic E-state index is 1.14. The number of para-hydroxylation sites is 1. The van der Waals surface area contributed by atoms with Crippen LogP contribution in [0.4, 0.5) is 0 Å². The highest BCUT2D eigenvalue weighted by atomic mass is 28.3. The third kappa shape index (κ3) is 6.30. The third-order valence-corrected chi connectivity index (χ3v) is 18.4. The van der Waals surface area contributed by atoms with E-state index in [4.69, 9.17) is 0 Å². The molecular formula is C62H46N2Si. The van der Waals surface area contributed by atoms with Gasteiger partial charge in [-0.3, -0.25) is 0 Å². The van der Waals surface area contributed by atoms with Gasteiger partial charge in [0, 0.05) is 32.9 Å². The average molecular weight is 847 g/mol. The maximum absolute atomic E-state index is 2.68. The lowest BCUT2D eigenvalue weighted by molar-refractivity contribution is 1.17. The predicted molar refractivity (Wildman–Crippen MR) is 279 cm³/mol. The minimum atomic E-state index is -2.68. The Morgan fingerprint density at radius 2 is 0.754 bits per heavy atom. The molecule has 0 aliphatic rings. The van der Waals surface area contributed by atoms with Crippen molar-refractivity contribution in [3.05, 3.63) is 254 Å². The summed E-state index contributed by atoms with van der Waals surface area (Å²) in [5.41, 5.74) is 14.4. The molecule has 0 N–H and O–H groups in total. The average Bonchev–Trinajstić information content (AvgIpc) is 3.88. The highest BCUT2D eigenvalue weighted by Crippen LogP contribution is 2.43. The second-order valence-electron chi connectivity index (χ2n) is 17.5. The normalized spacial score (nSPS) is 11.8. The van der Waals surface area contributed by atoms with E-state index in [1.54, 1.807) is 0 Å². The molecule has 0 unspecified atom stereocenters. The lowest BCUT2D eigenvalue weighted by Gasteiger charge is -2.34. The van der Waals surface area contributed by atoms with Crippen molar-refractivity contribution in [3.63, 3.8) is 0 Å². The molecule has 2 aromatic heterocycles. The van der Waals surface area contributed by atoms with Crippen molar-refractivity contribution < 1.29 is 0 Å². The van der Waals surface area contributed by atoms with E-state index in [0.717, 1.165) is 5.69 Å². The summed E-state index contributed by atoms with van der Waals surface area (Å²) >= 11 is 0. The molecule has 0 aliphatic carbocycles. The lowest BCUT2D eigenvalue weighted by atomic mass is 10.0. The van der Waals surface area contributed by atoms with Gasteiger partial charge in [0.1, 0.15) is 0 Å². The van der Waals surface area contributed by atoms with Gasteiger partial charge in [-0.2, -0.15) is 0 Å². The molecule has 0 spiro atoms. The number of nitrogens with zero attached hydrogens (tertiary/aromatic N) is 2. The number of aromatic nitrogens is 2. The van der Waals surface area contributed by atoms with E-state index in [1.165, 1.54) is 103 Å². The van der Waals surface area contributed by atoms with Crippen LogP contribution in [0.1, 0.15) is 11.1 Å². The van der Waals surface area contributed by atoms with Gasteiger partial charge in [-0.25, -0.2) is 0 Å². The van der Waals surface area contributed by atoms with Crippen molar-refractivity contribution in [2.24, 2.45) is 0 Å². The minimum Gasteiger partial charge on any atom is -0.309 e. The molecule has 0 saturated carbocycles. The standard InChI is InChI=1S/C62H46N2Si/c1-43-25-34-53(35-26-43)65(51-19-8-4-9-20-51,52-21-10-5-11-22-52)54-36-29-47(30-37-54)48-31-38-56-60(42-48)63(49-32-27-46(28-33-49)45-16-6-3-7-17-45)58-39-40-59-61(62(56)58)55-23-12-13-24-57(55)64(59)50-18-14-15-44(2)41-50/h3-42H,1-2H3. The molecular weight excluding hydrogens is 801 g/mol. The van der Waals surface area contributed by atoms with Gasteiger partial charge in [0.2, 0.25) is 0 Å². The molecule has 65 heavy (non-hydrogen) atoms. The maximum atomic E-state index is 2.48. The maximum Gasteiger partial charge on any atom is 0.179 e. The number of fused-ring (bicyclic) bond motifs is 7. The van der Waals surface area contributed by atoms with Crippen LogP contribution in [0, 0.1) is 13.8 Å². The number of rotatable bonds is 8. The Morgan fingerprint density at radius 1 is 0.277 bits per heavy atom. The summed E-state index contributed by atoms with van der Waals surface area (Å²) in [4.78, 5) is 0. The van der Waals surface area contributed by atoms with E-state index < -0.39 is 8.07 Å². The zero-order chi connectivity index (χ0) is 43.5. The van der Waals surface area contributed by atoms with E-state index in [9.17, 15) is 0 Å². The molecule has 12 aromatic rings. The van der Waals surface area contributed by atoms with Gasteiger partial charge in [0.25, 0.3) is 0 Å². The molecule has 0 saturated heterocycles. The second kappa shape index (κ2) is 15.7. The topological polar surface area (TPSA) is 9.86 Å². The van der Waals surface area contributed by atoms with Crippen LogP contribution in [0.15, 0.2) is 243 Å². The molecule has 12 rings (SSSR count). The summed E-state index contributed by atoms with van der Waals surface area (Å²) in [6.45, 7) is 4.35. The molecule has 10 aromatic carbocycles. The zero-order valence-electron chi connectivity index (χ0n) is 36.5. The Bertz CT molecular complexity index is 3640. The molecule has 0 atom stereocenters. The van der Waals surface area contributed by atoms with Crippen LogP contribution >= 0.6 is 0 Å². The first kappa shape index (κ1) is 38.7. The fourth-order valence-corrected chi connectivity index (χ4v) is 15.3. The van der Waals surface area contributed by atoms with E-state index in [2.05, 4.69) is 266 Å². The Morgan fingerprint density at radius 3 is 1.38 bits per heavy atom. The SMILES string of the molecule is Cc1ccc([Si](c2ccccc2)(c2ccccc2)c2ccc(-c3ccc4c5c6c7ccccc7n(-c7cccc(C)c7)c6ccc5n(-c5ccc(-c6ccccc6)cc5)c4c3)cc2)cc1. The fourth-order valence-electron chi connectivity index (χ4n) is 10.6. The van der Waals surface area contributed by atoms with Gasteiger partial charge in [0.05, 0.1) is 22.1 Å². The van der Waals surface area contributed by atoms with E-state index in [-0.39, 0.29) is 0 Å². The molecule has 0 bridgehead atoms. The fraction of sp³-hybridized carbons (Fsp3) is 0.0323. The summed E-state index contributed by atoms with van der Waals surface area (Å²) < 4.78 is 4.92. The first-order valence-corrected chi connectivity index (χ1v) is 24.6. The highest BCUT2D eigenvalue weighted by molar-refractivity contribution is 7.19. The molecule has 3 heteroatoms. The molecule has 0 radical (unpaired) electrons. The number of benzene rings is 10. The van der Waals surface area contributed by atoms with Gasteiger partial charge >= 0.3 is 0 Å². The molecule has 0 aliphatic heterocycles. The van der Waals surface area contributed by atoms with Crippen LogP contribution in [0.3, 0.4) is 0 Å². The summed E-state index contributed by atoms with van der Waals surface area (Å²) in [5.74, 6) is 0. The molecule has 308 valence electrons. The van der Waals surface area contributed by atoms with Crippen molar-refractivity contribution in [3.8, 4) is 33.6 Å². The van der Waals surface area contributed by atoms with Crippen molar-refractivity contribution in [1.29, 1.82) is 0 Å². The summed E-state index contributed by atoms with van der Waals surface area (Å²) in [6.07, 6.45) is 0. The van der Waals surface area contributed by atoms with E-state index in [1.807, 2.05) is 0 Å². The quantitative estimate of drug-likeness (QED) is 0.107. The van der Waals surface area contributed by atoms with Gasteiger partial charge < -0.3 is 9.13 Å². The Hall–Kier alpha value is -7.98. The zero-order valence-corrected chi connectivity index (χ0v) is 37.5. The van der Waals surface area contributed by atoms with E-state index in [0.29, 0.717) is 0 Å². The van der Waals surface area contributed by atoms with Crippen LogP contribution in [-0.4, -0.2) is 17.2 Å². The first-order chi connectivity index (χ1) is 32.1. The summed E-state index contributed by atoms with van der Waals surface area (Å²) in [7, 11) is -2.68. The summed E-state index contributed by atoms with van der Waals surface area (Å²) in [5, 5.41) is 10.5. The van der Waals surface area contributed by atoms with Crippen molar-refractivity contribution in [1.82, 2.24) is 9.13 Å². The van der Waals surface area contributed by atoms with E-state index >= 15 is 0 Å². The van der Waals surface area contributed by atoms with Gasteiger partial charge in [-0.05, 0) is 111 Å². The summed E-state index contributed by atoms with van der Waals surface area (Å²) in [6, 6.07) is 90.5. The Kier molecular flexibility index (Phi) is 9.32. The molecule has 2 nitrogen and oxygen atoms in total. The largest absolute Gasteiger partial charge is 0.309 e. The van der Waals surface area contributed by atoms with Gasteiger partial charge in [0.15, 0.2) is 8.07 Å². The highest BCUT2D eigenvalue weighted by Gasteiger charge is 2.41. The Balaban J connectivity index is 1.08. The third-order valence-electron chi connectivity index (χ3n) is 13.6.